The average Bonchev–Trinajstić information content (AvgIpc) is 2.61. The summed E-state index contributed by atoms with van der Waals surface area (Å²) in [5.41, 5.74) is 1.74. The molecular formula is C20H26N2O3. The third-order valence-electron chi connectivity index (χ3n) is 6.71. The van der Waals surface area contributed by atoms with E-state index in [-0.39, 0.29) is 29.4 Å². The molecule has 0 radical (unpaired) electrons. The number of anilines is 1. The maximum atomic E-state index is 12.3. The van der Waals surface area contributed by atoms with E-state index in [1.165, 1.54) is 7.11 Å². The Hall–Kier alpha value is -2.04. The molecule has 5 unspecified atom stereocenters. The number of benzene rings is 1. The van der Waals surface area contributed by atoms with Crippen LogP contribution in [0.4, 0.5) is 5.69 Å². The number of hydrogen-bond acceptors (Lipinski definition) is 4. The monoisotopic (exact) mass is 342 g/mol. The van der Waals surface area contributed by atoms with Crippen molar-refractivity contribution in [3.63, 3.8) is 0 Å². The van der Waals surface area contributed by atoms with Crippen molar-refractivity contribution in [2.75, 3.05) is 12.0 Å². The second-order valence-corrected chi connectivity index (χ2v) is 8.11. The van der Waals surface area contributed by atoms with Gasteiger partial charge in [0.1, 0.15) is 0 Å². The van der Waals surface area contributed by atoms with Gasteiger partial charge in [-0.05, 0) is 56.1 Å². The van der Waals surface area contributed by atoms with Crippen LogP contribution in [0.5, 0.6) is 0 Å². The highest BCUT2D eigenvalue weighted by atomic mass is 16.5. The summed E-state index contributed by atoms with van der Waals surface area (Å²) in [4.78, 5) is 27.0. The van der Waals surface area contributed by atoms with Gasteiger partial charge in [0.25, 0.3) is 5.91 Å². The zero-order valence-electron chi connectivity index (χ0n) is 15.1. The fourth-order valence-corrected chi connectivity index (χ4v) is 5.38. The van der Waals surface area contributed by atoms with E-state index in [0.717, 1.165) is 36.9 Å². The van der Waals surface area contributed by atoms with E-state index in [0.29, 0.717) is 12.0 Å². The molecule has 5 heteroatoms. The van der Waals surface area contributed by atoms with Gasteiger partial charge in [-0.3, -0.25) is 9.59 Å². The predicted octanol–water partition coefficient (Wildman–Crippen LogP) is 2.95. The number of rotatable bonds is 2. The van der Waals surface area contributed by atoms with Crippen molar-refractivity contribution in [1.82, 2.24) is 5.32 Å². The zero-order valence-corrected chi connectivity index (χ0v) is 15.1. The highest BCUT2D eigenvalue weighted by Crippen LogP contribution is 2.56. The Morgan fingerprint density at radius 2 is 2.12 bits per heavy atom. The molecule has 3 fully saturated rings. The van der Waals surface area contributed by atoms with Crippen molar-refractivity contribution in [2.24, 2.45) is 17.3 Å². The van der Waals surface area contributed by atoms with Gasteiger partial charge in [-0.2, -0.15) is 0 Å². The van der Waals surface area contributed by atoms with Crippen LogP contribution in [0.3, 0.4) is 0 Å². The van der Waals surface area contributed by atoms with E-state index in [2.05, 4.69) is 24.1 Å². The molecule has 3 saturated carbocycles. The number of carbonyl (C=O) groups is 2. The maximum Gasteiger partial charge on any atom is 0.309 e. The molecule has 134 valence electrons. The van der Waals surface area contributed by atoms with Gasteiger partial charge in [0.05, 0.1) is 30.4 Å². The van der Waals surface area contributed by atoms with Crippen molar-refractivity contribution in [3.05, 3.63) is 29.8 Å². The number of fused-ring (bicyclic) bond motifs is 4. The summed E-state index contributed by atoms with van der Waals surface area (Å²) in [5.74, 6) is 0.388. The van der Waals surface area contributed by atoms with Gasteiger partial charge in [-0.25, -0.2) is 0 Å². The molecule has 5 atom stereocenters. The number of para-hydroxylation sites is 1. The Morgan fingerprint density at radius 1 is 1.36 bits per heavy atom. The minimum Gasteiger partial charge on any atom is -0.469 e. The van der Waals surface area contributed by atoms with E-state index >= 15 is 0 Å². The molecule has 3 aliphatic carbocycles. The zero-order chi connectivity index (χ0) is 17.8. The average molecular weight is 342 g/mol. The van der Waals surface area contributed by atoms with Crippen molar-refractivity contribution in [3.8, 4) is 0 Å². The lowest BCUT2D eigenvalue weighted by Gasteiger charge is -2.57. The predicted molar refractivity (Wildman–Crippen MR) is 95.2 cm³/mol. The smallest absolute Gasteiger partial charge is 0.309 e. The first-order chi connectivity index (χ1) is 11.9. The standard InChI is InChI=1S/C20H26N2O3/c1-12-21-18(23)14-6-4-5-7-16(14)22(12)17-11-20(2)9-8-13(17)10-15(20)19(24)25-3/h4-7,12-13,15,17H,8-11H2,1-3H3,(H,21,23). The Bertz CT molecular complexity index is 719. The first-order valence-electron chi connectivity index (χ1n) is 9.20. The summed E-state index contributed by atoms with van der Waals surface area (Å²) in [6, 6.07) is 8.19. The minimum absolute atomic E-state index is 0.000956. The van der Waals surface area contributed by atoms with Crippen molar-refractivity contribution in [2.45, 2.75) is 51.7 Å². The largest absolute Gasteiger partial charge is 0.469 e. The highest BCUT2D eigenvalue weighted by Gasteiger charge is 2.54. The molecule has 0 aromatic heterocycles. The highest BCUT2D eigenvalue weighted by molar-refractivity contribution is 6.02. The summed E-state index contributed by atoms with van der Waals surface area (Å²) in [6.45, 7) is 4.28. The molecular weight excluding hydrogens is 316 g/mol. The second-order valence-electron chi connectivity index (χ2n) is 8.11. The Balaban J connectivity index is 1.69. The summed E-state index contributed by atoms with van der Waals surface area (Å²) in [5, 5.41) is 3.10. The number of nitrogens with one attached hydrogen (secondary N) is 1. The quantitative estimate of drug-likeness (QED) is 0.840. The van der Waals surface area contributed by atoms with Crippen LogP contribution in [0.25, 0.3) is 0 Å². The van der Waals surface area contributed by atoms with Gasteiger partial charge in [0.15, 0.2) is 0 Å². The number of carbonyl (C=O) groups excluding carboxylic acids is 2. The fourth-order valence-electron chi connectivity index (χ4n) is 5.38. The summed E-state index contributed by atoms with van der Waals surface area (Å²) in [7, 11) is 1.49. The van der Waals surface area contributed by atoms with E-state index in [1.54, 1.807) is 0 Å². The number of amides is 1. The van der Waals surface area contributed by atoms with Crippen LogP contribution in [-0.2, 0) is 9.53 Å². The molecule has 1 amide bonds. The molecule has 1 N–H and O–H groups in total. The Labute approximate surface area is 148 Å². The van der Waals surface area contributed by atoms with Crippen LogP contribution in [0.15, 0.2) is 24.3 Å². The third kappa shape index (κ3) is 2.43. The summed E-state index contributed by atoms with van der Waals surface area (Å²) in [6.07, 6.45) is 4.02. The Morgan fingerprint density at radius 3 is 2.84 bits per heavy atom. The van der Waals surface area contributed by atoms with Crippen LogP contribution in [0, 0.1) is 17.3 Å². The first-order valence-corrected chi connectivity index (χ1v) is 9.20. The number of methoxy groups -OCH3 is 1. The molecule has 25 heavy (non-hydrogen) atoms. The van der Waals surface area contributed by atoms with E-state index in [1.807, 2.05) is 24.3 Å². The van der Waals surface area contributed by atoms with Gasteiger partial charge in [0, 0.05) is 6.04 Å². The lowest BCUT2D eigenvalue weighted by atomic mass is 9.53. The fraction of sp³-hybridized carbons (Fsp3) is 0.600. The molecule has 1 aliphatic heterocycles. The van der Waals surface area contributed by atoms with Crippen molar-refractivity contribution >= 4 is 17.6 Å². The molecule has 2 bridgehead atoms. The molecule has 5 nitrogen and oxygen atoms in total. The van der Waals surface area contributed by atoms with Gasteiger partial charge in [-0.15, -0.1) is 0 Å². The molecule has 4 aliphatic rings. The maximum absolute atomic E-state index is 12.3. The third-order valence-corrected chi connectivity index (χ3v) is 6.71. The summed E-state index contributed by atoms with van der Waals surface area (Å²) < 4.78 is 5.07. The molecule has 5 rings (SSSR count). The normalized spacial score (nSPS) is 36.6. The molecule has 1 aromatic rings. The van der Waals surface area contributed by atoms with E-state index < -0.39 is 0 Å². The van der Waals surface area contributed by atoms with Crippen molar-refractivity contribution in [1.29, 1.82) is 0 Å². The molecule has 1 heterocycles. The van der Waals surface area contributed by atoms with Crippen LogP contribution >= 0.6 is 0 Å². The van der Waals surface area contributed by atoms with Gasteiger partial charge in [0.2, 0.25) is 0 Å². The molecule has 0 spiro atoms. The lowest BCUT2D eigenvalue weighted by Crippen LogP contribution is -2.62. The van der Waals surface area contributed by atoms with Crippen LogP contribution in [0.2, 0.25) is 0 Å². The molecule has 1 aromatic carbocycles. The minimum atomic E-state index is -0.0638. The Kier molecular flexibility index (Phi) is 3.78. The van der Waals surface area contributed by atoms with Gasteiger partial charge in [-0.1, -0.05) is 19.1 Å². The number of hydrogen-bond donors (Lipinski definition) is 1. The van der Waals surface area contributed by atoms with Gasteiger partial charge < -0.3 is 15.0 Å². The lowest BCUT2D eigenvalue weighted by molar-refractivity contribution is -0.157. The van der Waals surface area contributed by atoms with Crippen LogP contribution in [0.1, 0.15) is 49.9 Å². The van der Waals surface area contributed by atoms with Crippen LogP contribution in [-0.4, -0.2) is 31.2 Å². The summed E-state index contributed by atoms with van der Waals surface area (Å²) >= 11 is 0. The topological polar surface area (TPSA) is 58.6 Å². The van der Waals surface area contributed by atoms with Crippen molar-refractivity contribution < 1.29 is 14.3 Å². The number of nitrogens with zero attached hydrogens (tertiary/aromatic N) is 1. The van der Waals surface area contributed by atoms with Gasteiger partial charge >= 0.3 is 5.97 Å². The second kappa shape index (κ2) is 5.75. The van der Waals surface area contributed by atoms with Crippen LogP contribution < -0.4 is 10.2 Å². The molecule has 0 saturated heterocycles. The first kappa shape index (κ1) is 16.4. The SMILES string of the molecule is COC(=O)C1CC2CCC1(C)CC2N1c2ccccc2C(=O)NC1C. The number of ether oxygens (including phenoxy) is 1. The number of esters is 1. The van der Waals surface area contributed by atoms with E-state index in [4.69, 9.17) is 4.74 Å². The van der Waals surface area contributed by atoms with E-state index in [9.17, 15) is 9.59 Å².